The van der Waals surface area contributed by atoms with Gasteiger partial charge in [-0.15, -0.1) is 47.0 Å². The van der Waals surface area contributed by atoms with Crippen molar-refractivity contribution in [2.75, 3.05) is 74.5 Å². The summed E-state index contributed by atoms with van der Waals surface area (Å²) in [6.07, 6.45) is -8.70. The van der Waals surface area contributed by atoms with Gasteiger partial charge < -0.3 is 18.9 Å². The van der Waals surface area contributed by atoms with Crippen LogP contribution in [-0.4, -0.2) is 167 Å². The first-order chi connectivity index (χ1) is 42.3. The lowest BCUT2D eigenvalue weighted by Gasteiger charge is -2.31. The smallest absolute Gasteiger partial charge is 0.437 e. The summed E-state index contributed by atoms with van der Waals surface area (Å²) < 4.78 is 213. The van der Waals surface area contributed by atoms with Gasteiger partial charge in [-0.2, -0.15) is 60.0 Å². The van der Waals surface area contributed by atoms with E-state index in [9.17, 15) is 79.2 Å². The fraction of sp³-hybridized carbons (Fsp3) is 0.396. The standard InChI is InChI=1S/C53H58F6N4O20S8/c1-35(60-80-88(3,68)69)37-7-15-41(16-8-37)84-27-23-45(64)76-31-51(32-77-46(65)24-28-85-42-17-9-38(10-18-42)36(2)61-81-89(4,70)71,33-78-47(66)25-29-86-43-19-11-39(12-20-43)49(52(54,55)56)62-82-90(5,72)73)34-79-48(67)26-30-87-44-21-13-40(14-22-44)50(53(57,58)59)63-83-91(6,74)75/h7-22H,23-34H2,1-6H3/b60-35-,61-36-,62-49+,63-50+. The third kappa shape index (κ3) is 31.1. The third-order valence-corrected chi connectivity index (χ3v) is 16.4. The minimum absolute atomic E-state index is 0.0347. The highest BCUT2D eigenvalue weighted by molar-refractivity contribution is 8.00. The number of halogens is 6. The molecule has 0 bridgehead atoms. The second-order valence-corrected chi connectivity index (χ2v) is 29.9. The molecule has 0 saturated heterocycles. The van der Waals surface area contributed by atoms with Gasteiger partial charge in [-0.3, -0.25) is 36.3 Å². The molecule has 0 unspecified atom stereocenters. The summed E-state index contributed by atoms with van der Waals surface area (Å²) in [5.74, 6) is -3.17. The Balaban J connectivity index is 1.55. The van der Waals surface area contributed by atoms with E-state index < -0.39 is 131 Å². The molecule has 0 aromatic heterocycles. The van der Waals surface area contributed by atoms with E-state index in [1.54, 1.807) is 48.5 Å². The van der Waals surface area contributed by atoms with Gasteiger partial charge in [-0.1, -0.05) is 69.2 Å². The van der Waals surface area contributed by atoms with E-state index in [1.165, 1.54) is 61.6 Å². The quantitative estimate of drug-likeness (QED) is 0.0102. The summed E-state index contributed by atoms with van der Waals surface area (Å²) in [4.78, 5) is 55.8. The summed E-state index contributed by atoms with van der Waals surface area (Å²) in [5.41, 5.74) is -4.58. The van der Waals surface area contributed by atoms with Crippen molar-refractivity contribution in [3.05, 3.63) is 119 Å². The number of oxime groups is 4. The SMILES string of the molecule is C/C(=N/OS(C)(=O)=O)c1ccc(SCCC(=O)OCC(COC(=O)CCSc2ccc(/C(C)=N\OS(C)(=O)=O)cc2)(COC(=O)CCSc2ccc(/C(=N\OS(C)(=O)=O)C(F)(F)F)cc2)COC(=O)CCSc2ccc(/C(=N\OS(C)(=O)=O)C(F)(F)F)cc2)cc1. The molecule has 0 spiro atoms. The second kappa shape index (κ2) is 34.9. The van der Waals surface area contributed by atoms with Gasteiger partial charge in [0.05, 0.1) is 62.1 Å². The second-order valence-electron chi connectivity index (χ2n) is 19.0. The predicted octanol–water partition coefficient (Wildman–Crippen LogP) is 8.76. The van der Waals surface area contributed by atoms with Gasteiger partial charge in [0.25, 0.3) is 0 Å². The molecule has 0 saturated carbocycles. The van der Waals surface area contributed by atoms with Gasteiger partial charge in [0.15, 0.2) is 11.4 Å². The van der Waals surface area contributed by atoms with Crippen molar-refractivity contribution < 1.29 is 115 Å². The Bertz CT molecular complexity index is 3500. The molecule has 0 aliphatic rings. The monoisotopic (exact) mass is 1440 g/mol. The van der Waals surface area contributed by atoms with Crippen LogP contribution >= 0.6 is 47.0 Å². The number of rotatable bonds is 36. The fourth-order valence-corrected chi connectivity index (χ4v) is 10.8. The lowest BCUT2D eigenvalue weighted by Crippen LogP contribution is -2.44. The summed E-state index contributed by atoms with van der Waals surface area (Å²) in [6.45, 7) is 0.241. The van der Waals surface area contributed by atoms with E-state index >= 15 is 0 Å². The molecule has 4 aromatic rings. The number of carbonyl (C=O) groups excluding carboxylic acids is 4. The first-order valence-corrected chi connectivity index (χ1v) is 37.0. The van der Waals surface area contributed by atoms with E-state index in [4.69, 9.17) is 18.9 Å². The van der Waals surface area contributed by atoms with Gasteiger partial charge in [0, 0.05) is 53.7 Å². The van der Waals surface area contributed by atoms with Crippen LogP contribution in [0.2, 0.25) is 0 Å². The van der Waals surface area contributed by atoms with Gasteiger partial charge >= 0.3 is 76.7 Å². The molecule has 24 nitrogen and oxygen atoms in total. The van der Waals surface area contributed by atoms with E-state index in [0.717, 1.165) is 60.3 Å². The Morgan fingerprint density at radius 2 is 0.571 bits per heavy atom. The number of thioether (sulfide) groups is 4. The molecule has 0 radical (unpaired) electrons. The molecule has 0 aliphatic carbocycles. The van der Waals surface area contributed by atoms with Crippen molar-refractivity contribution in [1.29, 1.82) is 0 Å². The van der Waals surface area contributed by atoms with E-state index in [2.05, 4.69) is 37.8 Å². The highest BCUT2D eigenvalue weighted by atomic mass is 32.2. The maximum atomic E-state index is 13.7. The summed E-state index contributed by atoms with van der Waals surface area (Å²) in [7, 11) is -16.5. The average molecular weight is 1440 g/mol. The Morgan fingerprint density at radius 3 is 0.780 bits per heavy atom. The molecule has 0 aliphatic heterocycles. The van der Waals surface area contributed by atoms with E-state index in [1.807, 2.05) is 0 Å². The van der Waals surface area contributed by atoms with Crippen LogP contribution in [0.15, 0.2) is 137 Å². The largest absolute Gasteiger partial charge is 0.465 e. The predicted molar refractivity (Wildman–Crippen MR) is 327 cm³/mol. The number of carbonyl (C=O) groups is 4. The number of nitrogens with zero attached hydrogens (tertiary/aromatic N) is 4. The van der Waals surface area contributed by atoms with Crippen molar-refractivity contribution in [3.63, 3.8) is 0 Å². The molecular weight excluding hydrogens is 1380 g/mol. The van der Waals surface area contributed by atoms with Crippen LogP contribution in [0.1, 0.15) is 61.8 Å². The minimum Gasteiger partial charge on any atom is -0.465 e. The number of alkyl halides is 6. The van der Waals surface area contributed by atoms with Crippen LogP contribution in [0, 0.1) is 5.41 Å². The number of ether oxygens (including phenoxy) is 4. The third-order valence-electron chi connectivity index (χ3n) is 10.9. The zero-order valence-electron chi connectivity index (χ0n) is 48.7. The van der Waals surface area contributed by atoms with E-state index in [0.29, 0.717) is 43.2 Å². The van der Waals surface area contributed by atoms with Gasteiger partial charge in [0.2, 0.25) is 0 Å². The molecule has 38 heteroatoms. The number of esters is 4. The molecule has 0 amide bonds. The van der Waals surface area contributed by atoms with Crippen molar-refractivity contribution in [3.8, 4) is 0 Å². The minimum atomic E-state index is -5.11. The van der Waals surface area contributed by atoms with Crippen molar-refractivity contribution in [1.82, 2.24) is 0 Å². The Hall–Kier alpha value is -6.58. The zero-order chi connectivity index (χ0) is 67.9. The first-order valence-electron chi connectivity index (χ1n) is 25.8. The van der Waals surface area contributed by atoms with Crippen molar-refractivity contribution in [2.24, 2.45) is 26.0 Å². The molecular formula is C53H58F6N4O20S8. The molecule has 0 N–H and O–H groups in total. The first kappa shape index (κ1) is 76.9. The highest BCUT2D eigenvalue weighted by Crippen LogP contribution is 2.30. The van der Waals surface area contributed by atoms with Crippen molar-refractivity contribution >= 4 is 134 Å². The molecule has 0 fully saturated rings. The van der Waals surface area contributed by atoms with Gasteiger partial charge in [-0.25, -0.2) is 0 Å². The van der Waals surface area contributed by atoms with Crippen LogP contribution < -0.4 is 0 Å². The normalized spacial score (nSPS) is 13.2. The van der Waals surface area contributed by atoms with Gasteiger partial charge in [0.1, 0.15) is 31.8 Å². The molecule has 0 atom stereocenters. The molecule has 4 aromatic carbocycles. The molecule has 0 heterocycles. The summed E-state index contributed by atoms with van der Waals surface area (Å²) in [5, 5.41) is 12.7. The van der Waals surface area contributed by atoms with E-state index in [-0.39, 0.29) is 60.1 Å². The highest BCUT2D eigenvalue weighted by Gasteiger charge is 2.40. The Labute approximate surface area is 537 Å². The van der Waals surface area contributed by atoms with Crippen LogP contribution in [-0.2, 0) is 95.7 Å². The average Bonchev–Trinajstić information content (AvgIpc) is 1.07. The number of hydrogen-bond donors (Lipinski definition) is 0. The summed E-state index contributed by atoms with van der Waals surface area (Å²) >= 11 is 4.47. The Kier molecular flexibility index (Phi) is 29.5. The summed E-state index contributed by atoms with van der Waals surface area (Å²) in [6, 6.07) is 22.2. The lowest BCUT2D eigenvalue weighted by molar-refractivity contribution is -0.170. The van der Waals surface area contributed by atoms with Crippen LogP contribution in [0.3, 0.4) is 0 Å². The topological polar surface area (TPSA) is 328 Å². The molecule has 91 heavy (non-hydrogen) atoms. The zero-order valence-corrected chi connectivity index (χ0v) is 55.2. The number of hydrogen-bond acceptors (Lipinski definition) is 28. The van der Waals surface area contributed by atoms with Crippen LogP contribution in [0.4, 0.5) is 26.3 Å². The maximum Gasteiger partial charge on any atom is 0.437 e. The lowest BCUT2D eigenvalue weighted by atomic mass is 9.92. The van der Waals surface area contributed by atoms with Gasteiger partial charge in [-0.05, 0) is 73.5 Å². The van der Waals surface area contributed by atoms with Crippen molar-refractivity contribution in [2.45, 2.75) is 71.5 Å². The molecule has 500 valence electrons. The van der Waals surface area contributed by atoms with Crippen LogP contribution in [0.25, 0.3) is 0 Å². The van der Waals surface area contributed by atoms with Crippen LogP contribution in [0.5, 0.6) is 0 Å². The fourth-order valence-electron chi connectivity index (χ4n) is 6.58. The maximum absolute atomic E-state index is 13.7. The Morgan fingerprint density at radius 1 is 0.363 bits per heavy atom. The molecule has 4 rings (SSSR count). The number of benzene rings is 4.